The SMILES string of the molecule is CCCn1ncnc1C1c2n[nH]c(=O)c3cc(F)cc(c23)NOC1c1ccc(F)cc1. The van der Waals surface area contributed by atoms with Crippen LogP contribution in [-0.4, -0.2) is 25.0 Å². The first-order valence-electron chi connectivity index (χ1n) is 9.83. The first-order chi connectivity index (χ1) is 15.1. The molecular weight excluding hydrogens is 406 g/mol. The number of halogens is 2. The average molecular weight is 424 g/mol. The summed E-state index contributed by atoms with van der Waals surface area (Å²) in [5, 5.41) is 11.7. The van der Waals surface area contributed by atoms with Gasteiger partial charge in [0.25, 0.3) is 5.56 Å². The van der Waals surface area contributed by atoms with Crippen LogP contribution in [0.4, 0.5) is 14.5 Å². The van der Waals surface area contributed by atoms with Crippen molar-refractivity contribution in [1.29, 1.82) is 0 Å². The summed E-state index contributed by atoms with van der Waals surface area (Å²) in [6, 6.07) is 8.29. The van der Waals surface area contributed by atoms with Crippen molar-refractivity contribution in [1.82, 2.24) is 25.0 Å². The lowest BCUT2D eigenvalue weighted by atomic mass is 9.89. The van der Waals surface area contributed by atoms with Crippen molar-refractivity contribution in [3.63, 3.8) is 0 Å². The Morgan fingerprint density at radius 3 is 2.74 bits per heavy atom. The van der Waals surface area contributed by atoms with Gasteiger partial charge >= 0.3 is 0 Å². The van der Waals surface area contributed by atoms with Crippen molar-refractivity contribution < 1.29 is 13.6 Å². The van der Waals surface area contributed by atoms with E-state index in [-0.39, 0.29) is 16.9 Å². The third kappa shape index (κ3) is 3.25. The maximum absolute atomic E-state index is 14.2. The molecule has 3 heterocycles. The Labute approximate surface area is 174 Å². The second-order valence-corrected chi connectivity index (χ2v) is 7.32. The number of aromatic nitrogens is 5. The molecule has 10 heteroatoms. The fraction of sp³-hybridized carbons (Fsp3) is 0.238. The van der Waals surface area contributed by atoms with Gasteiger partial charge in [-0.25, -0.2) is 23.5 Å². The molecule has 0 radical (unpaired) electrons. The van der Waals surface area contributed by atoms with Crippen LogP contribution in [0.25, 0.3) is 10.8 Å². The second-order valence-electron chi connectivity index (χ2n) is 7.32. The normalized spacial score (nSPS) is 18.0. The molecule has 4 aromatic rings. The zero-order valence-electron chi connectivity index (χ0n) is 16.5. The van der Waals surface area contributed by atoms with Gasteiger partial charge in [0, 0.05) is 11.9 Å². The van der Waals surface area contributed by atoms with E-state index in [1.807, 2.05) is 6.92 Å². The van der Waals surface area contributed by atoms with E-state index in [4.69, 9.17) is 4.84 Å². The minimum absolute atomic E-state index is 0.141. The van der Waals surface area contributed by atoms with Gasteiger partial charge in [-0.3, -0.25) is 15.1 Å². The third-order valence-corrected chi connectivity index (χ3v) is 5.33. The van der Waals surface area contributed by atoms with E-state index in [1.165, 1.54) is 24.5 Å². The number of nitrogens with zero attached hydrogens (tertiary/aromatic N) is 4. The molecule has 5 rings (SSSR count). The van der Waals surface area contributed by atoms with E-state index in [0.717, 1.165) is 12.5 Å². The van der Waals surface area contributed by atoms with Crippen LogP contribution in [0.1, 0.15) is 42.4 Å². The van der Waals surface area contributed by atoms with Crippen molar-refractivity contribution in [3.05, 3.63) is 81.8 Å². The van der Waals surface area contributed by atoms with Crippen molar-refractivity contribution in [2.45, 2.75) is 31.9 Å². The van der Waals surface area contributed by atoms with Crippen LogP contribution >= 0.6 is 0 Å². The Balaban J connectivity index is 1.80. The van der Waals surface area contributed by atoms with Gasteiger partial charge in [-0.05, 0) is 36.2 Å². The number of hydrogen-bond donors (Lipinski definition) is 2. The lowest BCUT2D eigenvalue weighted by molar-refractivity contribution is 0.0844. The number of H-pyrrole nitrogens is 1. The zero-order chi connectivity index (χ0) is 21.5. The van der Waals surface area contributed by atoms with Crippen molar-refractivity contribution in [3.8, 4) is 0 Å². The molecule has 2 aromatic heterocycles. The molecule has 1 aliphatic heterocycles. The van der Waals surface area contributed by atoms with Gasteiger partial charge in [-0.15, -0.1) is 0 Å². The van der Waals surface area contributed by atoms with Crippen LogP contribution in [0, 0.1) is 11.6 Å². The van der Waals surface area contributed by atoms with Crippen LogP contribution in [0.2, 0.25) is 0 Å². The molecule has 0 amide bonds. The molecule has 2 aromatic carbocycles. The summed E-state index contributed by atoms with van der Waals surface area (Å²) in [5.41, 5.74) is 3.64. The summed E-state index contributed by atoms with van der Waals surface area (Å²) in [4.78, 5) is 22.9. The summed E-state index contributed by atoms with van der Waals surface area (Å²) in [6.45, 7) is 2.63. The molecule has 8 nitrogen and oxygen atoms in total. The highest BCUT2D eigenvalue weighted by Gasteiger charge is 2.37. The highest BCUT2D eigenvalue weighted by molar-refractivity contribution is 5.95. The maximum Gasteiger partial charge on any atom is 0.272 e. The number of nitrogens with one attached hydrogen (secondary N) is 2. The molecule has 0 aliphatic carbocycles. The topological polar surface area (TPSA) is 97.7 Å². The minimum atomic E-state index is -0.711. The molecule has 0 bridgehead atoms. The molecule has 0 saturated heterocycles. The predicted molar refractivity (Wildman–Crippen MR) is 108 cm³/mol. The van der Waals surface area contributed by atoms with Gasteiger partial charge in [0.15, 0.2) is 0 Å². The Morgan fingerprint density at radius 1 is 1.16 bits per heavy atom. The fourth-order valence-electron chi connectivity index (χ4n) is 4.00. The highest BCUT2D eigenvalue weighted by atomic mass is 19.1. The van der Waals surface area contributed by atoms with Crippen LogP contribution in [-0.2, 0) is 11.4 Å². The van der Waals surface area contributed by atoms with Crippen molar-refractivity contribution in [2.24, 2.45) is 0 Å². The molecule has 0 saturated carbocycles. The third-order valence-electron chi connectivity index (χ3n) is 5.33. The molecule has 0 fully saturated rings. The summed E-state index contributed by atoms with van der Waals surface area (Å²) in [6.07, 6.45) is 1.55. The number of hydrogen-bond acceptors (Lipinski definition) is 6. The number of aryl methyl sites for hydroxylation is 1. The summed E-state index contributed by atoms with van der Waals surface area (Å²) in [7, 11) is 0. The number of rotatable bonds is 4. The molecule has 2 atom stereocenters. The van der Waals surface area contributed by atoms with Crippen LogP contribution < -0.4 is 11.0 Å². The summed E-state index contributed by atoms with van der Waals surface area (Å²) >= 11 is 0. The highest BCUT2D eigenvalue weighted by Crippen LogP contribution is 2.44. The van der Waals surface area contributed by atoms with Gasteiger partial charge in [0.1, 0.15) is 29.9 Å². The van der Waals surface area contributed by atoms with E-state index in [2.05, 4.69) is 25.8 Å². The zero-order valence-corrected chi connectivity index (χ0v) is 16.5. The van der Waals surface area contributed by atoms with Gasteiger partial charge in [0.05, 0.1) is 22.7 Å². The van der Waals surface area contributed by atoms with E-state index in [0.29, 0.717) is 29.0 Å². The number of anilines is 1. The van der Waals surface area contributed by atoms with Crippen LogP contribution in [0.5, 0.6) is 0 Å². The summed E-state index contributed by atoms with van der Waals surface area (Å²) in [5.74, 6) is -1.02. The van der Waals surface area contributed by atoms with Gasteiger partial charge in [-0.2, -0.15) is 10.2 Å². The van der Waals surface area contributed by atoms with Crippen molar-refractivity contribution >= 4 is 16.5 Å². The van der Waals surface area contributed by atoms with Gasteiger partial charge in [0.2, 0.25) is 0 Å². The Hall–Kier alpha value is -3.66. The predicted octanol–water partition coefficient (Wildman–Crippen LogP) is 3.43. The Bertz CT molecular complexity index is 1320. The molecule has 2 unspecified atom stereocenters. The average Bonchev–Trinajstić information content (AvgIpc) is 3.14. The Morgan fingerprint density at radius 2 is 1.97 bits per heavy atom. The molecule has 31 heavy (non-hydrogen) atoms. The van der Waals surface area contributed by atoms with Gasteiger partial charge < -0.3 is 0 Å². The number of benzene rings is 2. The lowest BCUT2D eigenvalue weighted by Crippen LogP contribution is -2.23. The standard InChI is InChI=1S/C21H18F2N6O2/c1-2-7-29-20(24-10-25-29)17-18-16-14(21(30)27-26-18)8-13(23)9-15(16)28-31-19(17)11-3-5-12(22)6-4-11/h3-6,8-10,17,19,28H,2,7H2,1H3,(H,27,30). The van der Waals surface area contributed by atoms with E-state index < -0.39 is 23.4 Å². The monoisotopic (exact) mass is 424 g/mol. The quantitative estimate of drug-likeness (QED) is 0.521. The van der Waals surface area contributed by atoms with E-state index >= 15 is 0 Å². The second kappa shape index (κ2) is 7.55. The molecule has 1 aliphatic rings. The minimum Gasteiger partial charge on any atom is -0.267 e. The maximum atomic E-state index is 14.2. The van der Waals surface area contributed by atoms with E-state index in [1.54, 1.807) is 16.8 Å². The summed E-state index contributed by atoms with van der Waals surface area (Å²) < 4.78 is 29.5. The first kappa shape index (κ1) is 19.3. The van der Waals surface area contributed by atoms with Gasteiger partial charge in [-0.1, -0.05) is 19.1 Å². The smallest absolute Gasteiger partial charge is 0.267 e. The largest absolute Gasteiger partial charge is 0.272 e. The fourth-order valence-corrected chi connectivity index (χ4v) is 4.00. The first-order valence-corrected chi connectivity index (χ1v) is 9.83. The van der Waals surface area contributed by atoms with E-state index in [9.17, 15) is 13.6 Å². The number of aromatic amines is 1. The molecule has 2 N–H and O–H groups in total. The van der Waals surface area contributed by atoms with Crippen LogP contribution in [0.15, 0.2) is 47.5 Å². The Kier molecular flexibility index (Phi) is 4.70. The molecular formula is C21H18F2N6O2. The van der Waals surface area contributed by atoms with Crippen LogP contribution in [0.3, 0.4) is 0 Å². The molecule has 0 spiro atoms. The van der Waals surface area contributed by atoms with Crippen molar-refractivity contribution in [2.75, 3.05) is 5.48 Å². The molecule has 158 valence electrons. The lowest BCUT2D eigenvalue weighted by Gasteiger charge is -2.24.